The molecule has 0 saturated heterocycles. The number of nitrogens with zero attached hydrogens (tertiary/aromatic N) is 1. The topological polar surface area (TPSA) is 67.8 Å². The van der Waals surface area contributed by atoms with Crippen LogP contribution in [-0.4, -0.2) is 17.7 Å². The smallest absolute Gasteiger partial charge is 0.304 e. The molecule has 24 heavy (non-hydrogen) atoms. The van der Waals surface area contributed by atoms with E-state index >= 15 is 0 Å². The molecule has 0 bridgehead atoms. The van der Waals surface area contributed by atoms with Gasteiger partial charge in [0.05, 0.1) is 5.69 Å². The van der Waals surface area contributed by atoms with Gasteiger partial charge < -0.3 is 10.1 Å². The van der Waals surface area contributed by atoms with E-state index < -0.39 is 11.6 Å². The van der Waals surface area contributed by atoms with Gasteiger partial charge in [-0.25, -0.2) is 4.99 Å². The van der Waals surface area contributed by atoms with Crippen LogP contribution in [0, 0.1) is 0 Å². The predicted molar refractivity (Wildman–Crippen MR) is 91.4 cm³/mol. The summed E-state index contributed by atoms with van der Waals surface area (Å²) in [5.74, 6) is -0.557. The van der Waals surface area contributed by atoms with Crippen LogP contribution >= 0.6 is 11.6 Å². The second kappa shape index (κ2) is 6.09. The Bertz CT molecular complexity index is 849. The van der Waals surface area contributed by atoms with Crippen LogP contribution in [0.1, 0.15) is 25.0 Å². The minimum atomic E-state index is -1.33. The maximum atomic E-state index is 11.9. The molecular formula is C18H15ClN2O3. The fourth-order valence-corrected chi connectivity index (χ4v) is 3.01. The van der Waals surface area contributed by atoms with E-state index in [-0.39, 0.29) is 11.7 Å². The number of nitrogens with one attached hydrogen (secondary N) is 1. The van der Waals surface area contributed by atoms with Gasteiger partial charge in [-0.2, -0.15) is 0 Å². The third-order valence-corrected chi connectivity index (χ3v) is 3.91. The van der Waals surface area contributed by atoms with Gasteiger partial charge in [-0.05, 0) is 18.2 Å². The Morgan fingerprint density at radius 1 is 1.12 bits per heavy atom. The number of carbonyl (C=O) groups excluding carboxylic acids is 2. The Labute approximate surface area is 144 Å². The number of ether oxygens (including phenoxy) is 1. The Hall–Kier alpha value is -2.66. The first-order chi connectivity index (χ1) is 11.4. The van der Waals surface area contributed by atoms with Gasteiger partial charge in [0.2, 0.25) is 11.5 Å². The van der Waals surface area contributed by atoms with Crippen molar-refractivity contribution in [1.82, 2.24) is 5.32 Å². The van der Waals surface area contributed by atoms with E-state index in [2.05, 4.69) is 10.3 Å². The van der Waals surface area contributed by atoms with Crippen LogP contribution in [0.5, 0.6) is 0 Å². The van der Waals surface area contributed by atoms with E-state index in [4.69, 9.17) is 16.3 Å². The summed E-state index contributed by atoms with van der Waals surface area (Å²) in [7, 11) is 0. The van der Waals surface area contributed by atoms with E-state index in [1.165, 1.54) is 13.8 Å². The molecular weight excluding hydrogens is 328 g/mol. The molecule has 5 nitrogen and oxygen atoms in total. The summed E-state index contributed by atoms with van der Waals surface area (Å²) >= 11 is 6.15. The van der Waals surface area contributed by atoms with Gasteiger partial charge in [0.25, 0.3) is 0 Å². The Kier molecular flexibility index (Phi) is 4.11. The molecule has 0 fully saturated rings. The highest BCUT2D eigenvalue weighted by atomic mass is 35.5. The van der Waals surface area contributed by atoms with E-state index in [1.807, 2.05) is 30.3 Å². The van der Waals surface area contributed by atoms with Crippen molar-refractivity contribution in [3.05, 3.63) is 64.7 Å². The molecule has 0 saturated carbocycles. The maximum Gasteiger partial charge on any atom is 0.304 e. The van der Waals surface area contributed by atoms with Gasteiger partial charge in [0.1, 0.15) is 0 Å². The highest BCUT2D eigenvalue weighted by Crippen LogP contribution is 2.46. The zero-order chi connectivity index (χ0) is 17.3. The van der Waals surface area contributed by atoms with Crippen molar-refractivity contribution in [3.8, 4) is 0 Å². The molecule has 1 heterocycles. The second-order valence-electron chi connectivity index (χ2n) is 5.44. The van der Waals surface area contributed by atoms with E-state index in [9.17, 15) is 9.59 Å². The van der Waals surface area contributed by atoms with Crippen molar-refractivity contribution in [3.63, 3.8) is 0 Å². The van der Waals surface area contributed by atoms with Crippen LogP contribution in [0.4, 0.5) is 5.69 Å². The van der Waals surface area contributed by atoms with Gasteiger partial charge in [-0.1, -0.05) is 41.9 Å². The first-order valence-corrected chi connectivity index (χ1v) is 7.73. The number of hydrogen-bond donors (Lipinski definition) is 1. The number of rotatable bonds is 2. The predicted octanol–water partition coefficient (Wildman–Crippen LogP) is 3.33. The van der Waals surface area contributed by atoms with Crippen LogP contribution in [0.3, 0.4) is 0 Å². The summed E-state index contributed by atoms with van der Waals surface area (Å²) in [6.45, 7) is 2.70. The molecule has 2 aromatic rings. The molecule has 122 valence electrons. The molecule has 1 unspecified atom stereocenters. The second-order valence-corrected chi connectivity index (χ2v) is 5.88. The van der Waals surface area contributed by atoms with Gasteiger partial charge in [0.15, 0.2) is 5.84 Å². The molecule has 1 aliphatic rings. The zero-order valence-electron chi connectivity index (χ0n) is 13.2. The normalized spacial score (nSPS) is 18.5. The first-order valence-electron chi connectivity index (χ1n) is 7.35. The molecule has 0 aliphatic carbocycles. The fraction of sp³-hybridized carbons (Fsp3) is 0.167. The summed E-state index contributed by atoms with van der Waals surface area (Å²) in [5, 5.41) is 3.18. The number of amides is 1. The lowest BCUT2D eigenvalue weighted by Crippen LogP contribution is -2.47. The van der Waals surface area contributed by atoms with Crippen LogP contribution in [-0.2, 0) is 19.9 Å². The minimum absolute atomic E-state index is 0.244. The lowest BCUT2D eigenvalue weighted by Gasteiger charge is -2.31. The molecule has 1 N–H and O–H groups in total. The Morgan fingerprint density at radius 2 is 1.83 bits per heavy atom. The molecule has 3 rings (SSSR count). The van der Waals surface area contributed by atoms with E-state index in [0.717, 1.165) is 0 Å². The Balaban J connectivity index is 2.30. The fourth-order valence-electron chi connectivity index (χ4n) is 2.84. The monoisotopic (exact) mass is 342 g/mol. The van der Waals surface area contributed by atoms with Crippen LogP contribution in [0.25, 0.3) is 0 Å². The molecule has 0 spiro atoms. The van der Waals surface area contributed by atoms with Gasteiger partial charge >= 0.3 is 5.97 Å². The number of carbonyl (C=O) groups is 2. The van der Waals surface area contributed by atoms with Crippen molar-refractivity contribution in [2.24, 2.45) is 4.99 Å². The number of aliphatic imine (C=N–C) groups is 1. The number of halogens is 1. The average Bonchev–Trinajstić information content (AvgIpc) is 2.81. The Morgan fingerprint density at radius 3 is 2.46 bits per heavy atom. The van der Waals surface area contributed by atoms with Crippen LogP contribution in [0.2, 0.25) is 5.02 Å². The third-order valence-electron chi connectivity index (χ3n) is 3.68. The van der Waals surface area contributed by atoms with Gasteiger partial charge in [0, 0.05) is 30.0 Å². The van der Waals surface area contributed by atoms with Gasteiger partial charge in [-0.3, -0.25) is 9.59 Å². The minimum Gasteiger partial charge on any atom is -0.441 e. The molecule has 6 heteroatoms. The van der Waals surface area contributed by atoms with Crippen LogP contribution < -0.4 is 5.32 Å². The summed E-state index contributed by atoms with van der Waals surface area (Å²) in [4.78, 5) is 28.0. The number of esters is 1. The first kappa shape index (κ1) is 16.2. The lowest BCUT2D eigenvalue weighted by molar-refractivity contribution is -0.148. The lowest BCUT2D eigenvalue weighted by atomic mass is 9.85. The molecule has 1 amide bonds. The van der Waals surface area contributed by atoms with Crippen molar-refractivity contribution in [1.29, 1.82) is 0 Å². The average molecular weight is 343 g/mol. The SMILES string of the molecule is CC(=O)NC1=Nc2ccc(Cl)cc2C1(OC(C)=O)c1ccccc1. The van der Waals surface area contributed by atoms with Crippen molar-refractivity contribution < 1.29 is 14.3 Å². The number of benzene rings is 2. The van der Waals surface area contributed by atoms with E-state index in [0.29, 0.717) is 21.8 Å². The number of amidine groups is 1. The number of hydrogen-bond acceptors (Lipinski definition) is 4. The molecule has 0 aromatic heterocycles. The third kappa shape index (κ3) is 2.67. The van der Waals surface area contributed by atoms with Crippen molar-refractivity contribution >= 4 is 35.0 Å². The van der Waals surface area contributed by atoms with Gasteiger partial charge in [-0.15, -0.1) is 0 Å². The number of fused-ring (bicyclic) bond motifs is 1. The van der Waals surface area contributed by atoms with Crippen molar-refractivity contribution in [2.45, 2.75) is 19.4 Å². The van der Waals surface area contributed by atoms with Crippen LogP contribution in [0.15, 0.2) is 53.5 Å². The quantitative estimate of drug-likeness (QED) is 0.851. The largest absolute Gasteiger partial charge is 0.441 e. The summed E-state index contributed by atoms with van der Waals surface area (Å²) < 4.78 is 5.74. The highest BCUT2D eigenvalue weighted by molar-refractivity contribution is 6.31. The summed E-state index contributed by atoms with van der Waals surface area (Å²) in [6.07, 6.45) is 0. The zero-order valence-corrected chi connectivity index (χ0v) is 13.9. The molecule has 2 aromatic carbocycles. The molecule has 1 aliphatic heterocycles. The van der Waals surface area contributed by atoms with E-state index in [1.54, 1.807) is 18.2 Å². The van der Waals surface area contributed by atoms with Crippen molar-refractivity contribution in [2.75, 3.05) is 0 Å². The standard InChI is InChI=1S/C18H15ClN2O3/c1-11(22)20-17-18(24-12(2)23,13-6-4-3-5-7-13)15-10-14(19)8-9-16(15)21-17/h3-10H,1-2H3,(H,20,21,22). The molecule has 0 radical (unpaired) electrons. The highest BCUT2D eigenvalue weighted by Gasteiger charge is 2.49. The summed E-state index contributed by atoms with van der Waals surface area (Å²) in [6, 6.07) is 14.3. The molecule has 1 atom stereocenters. The summed E-state index contributed by atoms with van der Waals surface area (Å²) in [5.41, 5.74) is 0.543. The maximum absolute atomic E-state index is 11.9.